The average molecular weight is 182 g/mol. The molecule has 0 saturated carbocycles. The van der Waals surface area contributed by atoms with Crippen LogP contribution in [0.2, 0.25) is 0 Å². The predicted molar refractivity (Wildman–Crippen MR) is 58.5 cm³/mol. The summed E-state index contributed by atoms with van der Waals surface area (Å²) in [5.41, 5.74) is 2.23. The van der Waals surface area contributed by atoms with Crippen LogP contribution in [0.15, 0.2) is 43.0 Å². The first-order valence-corrected chi connectivity index (χ1v) is 4.69. The number of benzene rings is 2. The van der Waals surface area contributed by atoms with E-state index in [1.165, 1.54) is 10.8 Å². The van der Waals surface area contributed by atoms with E-state index in [1.807, 2.05) is 12.1 Å². The molecule has 0 spiro atoms. The molecule has 68 valence electrons. The Morgan fingerprint density at radius 1 is 1.07 bits per heavy atom. The third-order valence-electron chi connectivity index (χ3n) is 2.65. The van der Waals surface area contributed by atoms with Gasteiger partial charge in [-0.05, 0) is 11.0 Å². The van der Waals surface area contributed by atoms with E-state index in [0.717, 1.165) is 16.9 Å². The summed E-state index contributed by atoms with van der Waals surface area (Å²) in [6, 6.07) is 12.5. The molecule has 1 aliphatic heterocycles. The van der Waals surface area contributed by atoms with Crippen LogP contribution < -0.4 is 4.74 Å². The number of ether oxygens (including phenoxy) is 1. The summed E-state index contributed by atoms with van der Waals surface area (Å²) in [7, 11) is 0. The highest BCUT2D eigenvalue weighted by Crippen LogP contribution is 2.38. The Labute approximate surface area is 82.6 Å². The van der Waals surface area contributed by atoms with Crippen molar-refractivity contribution < 1.29 is 4.74 Å². The summed E-state index contributed by atoms with van der Waals surface area (Å²) in [6.45, 7) is 4.61. The molecule has 0 radical (unpaired) electrons. The molecule has 1 heteroatoms. The van der Waals surface area contributed by atoms with Gasteiger partial charge in [-0.25, -0.2) is 0 Å². The van der Waals surface area contributed by atoms with Crippen molar-refractivity contribution in [1.29, 1.82) is 0 Å². The lowest BCUT2D eigenvalue weighted by molar-refractivity contribution is 0.393. The molecule has 0 unspecified atom stereocenters. The lowest BCUT2D eigenvalue weighted by atomic mass is 10.0. The summed E-state index contributed by atoms with van der Waals surface area (Å²) in [5, 5.41) is 2.41. The Morgan fingerprint density at radius 2 is 1.93 bits per heavy atom. The van der Waals surface area contributed by atoms with Gasteiger partial charge >= 0.3 is 0 Å². The Morgan fingerprint density at radius 3 is 2.86 bits per heavy atom. The summed E-state index contributed by atoms with van der Waals surface area (Å²) in [5.74, 6) is 0.994. The molecule has 0 N–H and O–H groups in total. The summed E-state index contributed by atoms with van der Waals surface area (Å²) >= 11 is 0. The number of hydrogen-bond donors (Lipinski definition) is 0. The van der Waals surface area contributed by atoms with Crippen LogP contribution in [0.3, 0.4) is 0 Å². The van der Waals surface area contributed by atoms with E-state index in [-0.39, 0.29) is 0 Å². The largest absolute Gasteiger partial charge is 0.488 e. The van der Waals surface area contributed by atoms with Gasteiger partial charge in [-0.1, -0.05) is 43.0 Å². The first-order valence-electron chi connectivity index (χ1n) is 4.69. The molecule has 0 aromatic heterocycles. The van der Waals surface area contributed by atoms with Gasteiger partial charge < -0.3 is 4.74 Å². The number of rotatable bonds is 0. The van der Waals surface area contributed by atoms with Gasteiger partial charge in [0.25, 0.3) is 0 Å². The van der Waals surface area contributed by atoms with Gasteiger partial charge in [0.1, 0.15) is 12.4 Å². The fraction of sp³-hybridized carbons (Fsp3) is 0.0769. The lowest BCUT2D eigenvalue weighted by Gasteiger charge is -2.03. The first-order chi connectivity index (χ1) is 6.86. The van der Waals surface area contributed by atoms with Crippen molar-refractivity contribution in [3.8, 4) is 5.75 Å². The quantitative estimate of drug-likeness (QED) is 0.607. The topological polar surface area (TPSA) is 9.23 Å². The van der Waals surface area contributed by atoms with Crippen LogP contribution in [0, 0.1) is 0 Å². The van der Waals surface area contributed by atoms with Gasteiger partial charge in [0.2, 0.25) is 0 Å². The van der Waals surface area contributed by atoms with Crippen molar-refractivity contribution in [2.24, 2.45) is 0 Å². The average Bonchev–Trinajstić information content (AvgIpc) is 2.61. The van der Waals surface area contributed by atoms with Crippen molar-refractivity contribution in [2.45, 2.75) is 0 Å². The monoisotopic (exact) mass is 182 g/mol. The van der Waals surface area contributed by atoms with Gasteiger partial charge in [-0.2, -0.15) is 0 Å². The van der Waals surface area contributed by atoms with Gasteiger partial charge in [-0.3, -0.25) is 0 Å². The highest BCUT2D eigenvalue weighted by molar-refractivity contribution is 5.94. The highest BCUT2D eigenvalue weighted by Gasteiger charge is 2.17. The zero-order valence-corrected chi connectivity index (χ0v) is 7.79. The fourth-order valence-electron chi connectivity index (χ4n) is 1.91. The van der Waals surface area contributed by atoms with Gasteiger partial charge in [0.15, 0.2) is 0 Å². The van der Waals surface area contributed by atoms with Crippen LogP contribution >= 0.6 is 0 Å². The van der Waals surface area contributed by atoms with Crippen molar-refractivity contribution in [2.75, 3.05) is 6.61 Å². The van der Waals surface area contributed by atoms with Crippen LogP contribution in [0.1, 0.15) is 5.56 Å². The molecule has 0 atom stereocenters. The van der Waals surface area contributed by atoms with E-state index in [1.54, 1.807) is 0 Å². The molecule has 0 fully saturated rings. The predicted octanol–water partition coefficient (Wildman–Crippen LogP) is 3.25. The lowest BCUT2D eigenvalue weighted by Crippen LogP contribution is -1.86. The van der Waals surface area contributed by atoms with E-state index >= 15 is 0 Å². The molecule has 14 heavy (non-hydrogen) atoms. The molecule has 2 aromatic rings. The molecule has 2 aromatic carbocycles. The van der Waals surface area contributed by atoms with Crippen LogP contribution in [-0.2, 0) is 0 Å². The standard InChI is InChI=1S/C13H10O/c1-9-8-14-13-11(9)7-6-10-4-2-3-5-12(10)13/h2-7H,1,8H2. The third-order valence-corrected chi connectivity index (χ3v) is 2.65. The van der Waals surface area contributed by atoms with Gasteiger partial charge in [0.05, 0.1) is 0 Å². The smallest absolute Gasteiger partial charge is 0.135 e. The molecule has 1 aliphatic rings. The second-order valence-electron chi connectivity index (χ2n) is 3.56. The minimum atomic E-state index is 0.628. The maximum absolute atomic E-state index is 5.62. The van der Waals surface area contributed by atoms with Crippen molar-refractivity contribution >= 4 is 16.3 Å². The van der Waals surface area contributed by atoms with Gasteiger partial charge in [0, 0.05) is 10.9 Å². The van der Waals surface area contributed by atoms with E-state index in [0.29, 0.717) is 6.61 Å². The molecule has 0 amide bonds. The van der Waals surface area contributed by atoms with Crippen LogP contribution in [0.5, 0.6) is 5.75 Å². The highest BCUT2D eigenvalue weighted by atomic mass is 16.5. The minimum absolute atomic E-state index is 0.628. The molecular formula is C13H10O. The molecule has 0 saturated heterocycles. The molecule has 0 bridgehead atoms. The Bertz CT molecular complexity index is 526. The van der Waals surface area contributed by atoms with Crippen LogP contribution in [0.4, 0.5) is 0 Å². The first kappa shape index (κ1) is 7.63. The molecule has 1 nitrogen and oxygen atoms in total. The molecule has 0 aliphatic carbocycles. The second kappa shape index (κ2) is 2.61. The van der Waals surface area contributed by atoms with E-state index in [9.17, 15) is 0 Å². The zero-order valence-electron chi connectivity index (χ0n) is 7.79. The van der Waals surface area contributed by atoms with Crippen molar-refractivity contribution in [1.82, 2.24) is 0 Å². The summed E-state index contributed by atoms with van der Waals surface area (Å²) in [6.07, 6.45) is 0. The Balaban J connectivity index is 2.44. The zero-order chi connectivity index (χ0) is 9.54. The normalized spacial score (nSPS) is 14.1. The maximum Gasteiger partial charge on any atom is 0.135 e. The molecule has 1 heterocycles. The molecular weight excluding hydrogens is 172 g/mol. The summed E-state index contributed by atoms with van der Waals surface area (Å²) in [4.78, 5) is 0. The van der Waals surface area contributed by atoms with E-state index in [4.69, 9.17) is 4.74 Å². The number of fused-ring (bicyclic) bond motifs is 3. The van der Waals surface area contributed by atoms with E-state index < -0.39 is 0 Å². The SMILES string of the molecule is C=C1COc2c1ccc1ccccc21. The van der Waals surface area contributed by atoms with Gasteiger partial charge in [-0.15, -0.1) is 0 Å². The summed E-state index contributed by atoms with van der Waals surface area (Å²) < 4.78 is 5.62. The molecule has 3 rings (SSSR count). The van der Waals surface area contributed by atoms with Crippen LogP contribution in [0.25, 0.3) is 16.3 Å². The van der Waals surface area contributed by atoms with Crippen molar-refractivity contribution in [3.63, 3.8) is 0 Å². The number of hydrogen-bond acceptors (Lipinski definition) is 1. The van der Waals surface area contributed by atoms with E-state index in [2.05, 4.69) is 30.8 Å². The Kier molecular flexibility index (Phi) is 1.42. The second-order valence-corrected chi connectivity index (χ2v) is 3.56. The van der Waals surface area contributed by atoms with Crippen molar-refractivity contribution in [3.05, 3.63) is 48.5 Å². The maximum atomic E-state index is 5.62. The fourth-order valence-corrected chi connectivity index (χ4v) is 1.91. The third kappa shape index (κ3) is 0.896. The Hall–Kier alpha value is -1.76. The minimum Gasteiger partial charge on any atom is -0.488 e. The van der Waals surface area contributed by atoms with Crippen LogP contribution in [-0.4, -0.2) is 6.61 Å².